The van der Waals surface area contributed by atoms with Crippen molar-refractivity contribution in [3.63, 3.8) is 0 Å². The maximum absolute atomic E-state index is 11.7. The molecule has 2 saturated carbocycles. The van der Waals surface area contributed by atoms with E-state index in [2.05, 4.69) is 0 Å². The maximum atomic E-state index is 11.7. The molecule has 2 atom stereocenters. The molecule has 0 aromatic rings. The van der Waals surface area contributed by atoms with E-state index in [9.17, 15) is 4.79 Å². The van der Waals surface area contributed by atoms with Crippen LogP contribution in [0.5, 0.6) is 0 Å². The zero-order chi connectivity index (χ0) is 10.7. The standard InChI is InChI=1S/C14H24O/c1-2-14(15)13-9-7-11-5-3-4-6-12(11)8-10-13/h11-13H,2-10H2,1H3. The third kappa shape index (κ3) is 2.62. The summed E-state index contributed by atoms with van der Waals surface area (Å²) in [5.41, 5.74) is 0. The van der Waals surface area contributed by atoms with Gasteiger partial charge < -0.3 is 0 Å². The predicted octanol–water partition coefficient (Wildman–Crippen LogP) is 3.96. The Morgan fingerprint density at radius 3 is 1.93 bits per heavy atom. The first-order chi connectivity index (χ1) is 7.31. The summed E-state index contributed by atoms with van der Waals surface area (Å²) in [4.78, 5) is 11.7. The predicted molar refractivity (Wildman–Crippen MR) is 62.7 cm³/mol. The van der Waals surface area contributed by atoms with Crippen molar-refractivity contribution in [2.45, 2.75) is 64.7 Å². The smallest absolute Gasteiger partial charge is 0.135 e. The van der Waals surface area contributed by atoms with Gasteiger partial charge in [-0.2, -0.15) is 0 Å². The Morgan fingerprint density at radius 2 is 1.47 bits per heavy atom. The van der Waals surface area contributed by atoms with E-state index >= 15 is 0 Å². The van der Waals surface area contributed by atoms with E-state index in [0.717, 1.165) is 18.3 Å². The molecule has 2 fully saturated rings. The van der Waals surface area contributed by atoms with E-state index in [1.54, 1.807) is 0 Å². The highest BCUT2D eigenvalue weighted by atomic mass is 16.1. The fourth-order valence-electron chi connectivity index (χ4n) is 3.63. The first kappa shape index (κ1) is 11.2. The van der Waals surface area contributed by atoms with Crippen LogP contribution >= 0.6 is 0 Å². The highest BCUT2D eigenvalue weighted by Crippen LogP contribution is 2.41. The summed E-state index contributed by atoms with van der Waals surface area (Å²) >= 11 is 0. The summed E-state index contributed by atoms with van der Waals surface area (Å²) in [6.07, 6.45) is 11.6. The fraction of sp³-hybridized carbons (Fsp3) is 0.929. The van der Waals surface area contributed by atoms with Gasteiger partial charge in [-0.25, -0.2) is 0 Å². The lowest BCUT2D eigenvalue weighted by Gasteiger charge is -2.29. The second kappa shape index (κ2) is 5.14. The minimum absolute atomic E-state index is 0.417. The number of carbonyl (C=O) groups is 1. The normalized spacial score (nSPS) is 36.7. The SMILES string of the molecule is CCC(=O)C1CCC2CCCCC2CC1. The number of hydrogen-bond donors (Lipinski definition) is 0. The molecule has 2 rings (SSSR count). The van der Waals surface area contributed by atoms with Crippen molar-refractivity contribution >= 4 is 5.78 Å². The second-order valence-corrected chi connectivity index (χ2v) is 5.48. The number of Topliss-reactive ketones (excluding diaryl/α,β-unsaturated/α-hetero) is 1. The lowest BCUT2D eigenvalue weighted by Crippen LogP contribution is -2.17. The summed E-state index contributed by atoms with van der Waals surface area (Å²) < 4.78 is 0. The van der Waals surface area contributed by atoms with Crippen molar-refractivity contribution in [3.05, 3.63) is 0 Å². The van der Waals surface area contributed by atoms with Gasteiger partial charge in [-0.1, -0.05) is 32.6 Å². The van der Waals surface area contributed by atoms with Crippen molar-refractivity contribution < 1.29 is 4.79 Å². The molecule has 15 heavy (non-hydrogen) atoms. The highest BCUT2D eigenvalue weighted by molar-refractivity contribution is 5.80. The van der Waals surface area contributed by atoms with Crippen LogP contribution in [0, 0.1) is 17.8 Å². The third-order valence-corrected chi connectivity index (χ3v) is 4.64. The summed E-state index contributed by atoms with van der Waals surface area (Å²) in [5, 5.41) is 0. The molecule has 0 N–H and O–H groups in total. The molecule has 0 bridgehead atoms. The summed E-state index contributed by atoms with van der Waals surface area (Å²) in [6.45, 7) is 2.01. The number of rotatable bonds is 2. The zero-order valence-corrected chi connectivity index (χ0v) is 10.0. The molecular weight excluding hydrogens is 184 g/mol. The molecule has 86 valence electrons. The van der Waals surface area contributed by atoms with Gasteiger partial charge in [0.15, 0.2) is 0 Å². The van der Waals surface area contributed by atoms with Gasteiger partial charge in [-0.3, -0.25) is 4.79 Å². The Morgan fingerprint density at radius 1 is 0.933 bits per heavy atom. The van der Waals surface area contributed by atoms with Gasteiger partial charge in [-0.05, 0) is 37.5 Å². The van der Waals surface area contributed by atoms with Gasteiger partial charge in [0.25, 0.3) is 0 Å². The van der Waals surface area contributed by atoms with Gasteiger partial charge in [0.05, 0.1) is 0 Å². The lowest BCUT2D eigenvalue weighted by atomic mass is 9.77. The second-order valence-electron chi connectivity index (χ2n) is 5.48. The number of carbonyl (C=O) groups excluding carboxylic acids is 1. The van der Waals surface area contributed by atoms with Crippen LogP contribution in [-0.2, 0) is 4.79 Å². The van der Waals surface area contributed by atoms with Crippen molar-refractivity contribution in [2.75, 3.05) is 0 Å². The first-order valence-corrected chi connectivity index (χ1v) is 6.84. The number of fused-ring (bicyclic) bond motifs is 1. The van der Waals surface area contributed by atoms with Crippen molar-refractivity contribution in [1.29, 1.82) is 0 Å². The Balaban J connectivity index is 1.93. The van der Waals surface area contributed by atoms with Crippen molar-refractivity contribution in [2.24, 2.45) is 17.8 Å². The molecule has 0 aromatic heterocycles. The van der Waals surface area contributed by atoms with Gasteiger partial charge in [0.2, 0.25) is 0 Å². The van der Waals surface area contributed by atoms with Gasteiger partial charge >= 0.3 is 0 Å². The van der Waals surface area contributed by atoms with E-state index in [1.807, 2.05) is 6.92 Å². The molecule has 0 spiro atoms. The Bertz CT molecular complexity index is 205. The van der Waals surface area contributed by atoms with Crippen LogP contribution in [0.1, 0.15) is 64.7 Å². The topological polar surface area (TPSA) is 17.1 Å². The molecule has 0 heterocycles. The van der Waals surface area contributed by atoms with E-state index in [0.29, 0.717) is 11.7 Å². The van der Waals surface area contributed by atoms with Gasteiger partial charge in [0, 0.05) is 12.3 Å². The Labute approximate surface area is 93.6 Å². The van der Waals surface area contributed by atoms with Crippen LogP contribution in [0.2, 0.25) is 0 Å². The summed E-state index contributed by atoms with van der Waals surface area (Å²) in [5.74, 6) is 2.87. The molecule has 0 radical (unpaired) electrons. The molecule has 2 aliphatic carbocycles. The third-order valence-electron chi connectivity index (χ3n) is 4.64. The minimum Gasteiger partial charge on any atom is -0.299 e. The fourth-order valence-corrected chi connectivity index (χ4v) is 3.63. The van der Waals surface area contributed by atoms with Crippen LogP contribution in [0.15, 0.2) is 0 Å². The molecule has 0 aliphatic heterocycles. The zero-order valence-electron chi connectivity index (χ0n) is 10.0. The van der Waals surface area contributed by atoms with Crippen LogP contribution in [0.4, 0.5) is 0 Å². The van der Waals surface area contributed by atoms with E-state index in [-0.39, 0.29) is 0 Å². The Kier molecular flexibility index (Phi) is 3.82. The molecule has 1 nitrogen and oxygen atoms in total. The van der Waals surface area contributed by atoms with Crippen molar-refractivity contribution in [1.82, 2.24) is 0 Å². The average Bonchev–Trinajstić information content (AvgIpc) is 2.50. The quantitative estimate of drug-likeness (QED) is 0.671. The van der Waals surface area contributed by atoms with E-state index in [4.69, 9.17) is 0 Å². The van der Waals surface area contributed by atoms with Crippen LogP contribution < -0.4 is 0 Å². The van der Waals surface area contributed by atoms with Crippen molar-refractivity contribution in [3.8, 4) is 0 Å². The monoisotopic (exact) mass is 208 g/mol. The van der Waals surface area contributed by atoms with E-state index < -0.39 is 0 Å². The number of hydrogen-bond acceptors (Lipinski definition) is 1. The van der Waals surface area contributed by atoms with Crippen LogP contribution in [0.25, 0.3) is 0 Å². The molecular formula is C14H24O. The van der Waals surface area contributed by atoms with Crippen LogP contribution in [-0.4, -0.2) is 5.78 Å². The molecule has 1 heteroatoms. The maximum Gasteiger partial charge on any atom is 0.135 e. The molecule has 0 aromatic carbocycles. The molecule has 0 saturated heterocycles. The van der Waals surface area contributed by atoms with Gasteiger partial charge in [0.1, 0.15) is 5.78 Å². The number of ketones is 1. The largest absolute Gasteiger partial charge is 0.299 e. The highest BCUT2D eigenvalue weighted by Gasteiger charge is 2.30. The lowest BCUT2D eigenvalue weighted by molar-refractivity contribution is -0.122. The van der Waals surface area contributed by atoms with Gasteiger partial charge in [-0.15, -0.1) is 0 Å². The Hall–Kier alpha value is -0.330. The molecule has 0 amide bonds. The van der Waals surface area contributed by atoms with Crippen LogP contribution in [0.3, 0.4) is 0 Å². The summed E-state index contributed by atoms with van der Waals surface area (Å²) in [6, 6.07) is 0. The van der Waals surface area contributed by atoms with E-state index in [1.165, 1.54) is 51.4 Å². The molecule has 2 aliphatic rings. The average molecular weight is 208 g/mol. The molecule has 2 unspecified atom stereocenters. The summed E-state index contributed by atoms with van der Waals surface area (Å²) in [7, 11) is 0. The minimum atomic E-state index is 0.417. The first-order valence-electron chi connectivity index (χ1n) is 6.84.